The summed E-state index contributed by atoms with van der Waals surface area (Å²) >= 11 is 0. The highest BCUT2D eigenvalue weighted by Crippen LogP contribution is 2.26. The van der Waals surface area contributed by atoms with E-state index >= 15 is 0 Å². The van der Waals surface area contributed by atoms with E-state index in [4.69, 9.17) is 0 Å². The number of piperazine rings is 1. The summed E-state index contributed by atoms with van der Waals surface area (Å²) in [4.78, 5) is 7.94. The highest BCUT2D eigenvalue weighted by Gasteiger charge is 2.27. The summed E-state index contributed by atoms with van der Waals surface area (Å²) in [6.07, 6.45) is 3.84. The van der Waals surface area contributed by atoms with Gasteiger partial charge in [0.2, 0.25) is 0 Å². The van der Waals surface area contributed by atoms with Crippen molar-refractivity contribution in [3.05, 3.63) is 66.2 Å². The Balaban J connectivity index is 1.23. The van der Waals surface area contributed by atoms with Gasteiger partial charge in [-0.1, -0.05) is 48.5 Å². The minimum absolute atomic E-state index is 0.688. The first kappa shape index (κ1) is 17.6. The van der Waals surface area contributed by atoms with Crippen molar-refractivity contribution in [1.29, 1.82) is 0 Å². The number of benzene rings is 2. The van der Waals surface area contributed by atoms with Gasteiger partial charge in [-0.25, -0.2) is 0 Å². The molecule has 0 radical (unpaired) electrons. The average Bonchev–Trinajstić information content (AvgIpc) is 3.17. The molecule has 2 saturated heterocycles. The third-order valence-corrected chi connectivity index (χ3v) is 5.96. The largest absolute Gasteiger partial charge is 0.367 e. The van der Waals surface area contributed by atoms with Crippen LogP contribution in [0.5, 0.6) is 0 Å². The van der Waals surface area contributed by atoms with Gasteiger partial charge in [-0.2, -0.15) is 0 Å². The molecular weight excluding hydrogens is 318 g/mol. The molecule has 0 spiro atoms. The Labute approximate surface area is 158 Å². The summed E-state index contributed by atoms with van der Waals surface area (Å²) in [5.41, 5.74) is 2.86. The number of rotatable bonds is 6. The molecule has 1 unspecified atom stereocenters. The quantitative estimate of drug-likeness (QED) is 0.790. The van der Waals surface area contributed by atoms with E-state index in [9.17, 15) is 0 Å². The maximum Gasteiger partial charge on any atom is 0.0417 e. The van der Waals surface area contributed by atoms with Gasteiger partial charge in [-0.05, 0) is 37.0 Å². The molecule has 0 aromatic heterocycles. The Kier molecular flexibility index (Phi) is 5.88. The van der Waals surface area contributed by atoms with Gasteiger partial charge < -0.3 is 9.80 Å². The predicted molar refractivity (Wildman–Crippen MR) is 110 cm³/mol. The van der Waals surface area contributed by atoms with E-state index in [0.29, 0.717) is 6.04 Å². The van der Waals surface area contributed by atoms with Crippen LogP contribution in [0.2, 0.25) is 0 Å². The molecule has 2 aliphatic rings. The lowest BCUT2D eigenvalue weighted by molar-refractivity contribution is 0.128. The van der Waals surface area contributed by atoms with Crippen LogP contribution in [-0.4, -0.2) is 61.7 Å². The van der Waals surface area contributed by atoms with Crippen LogP contribution in [-0.2, 0) is 6.42 Å². The average molecular weight is 350 g/mol. The van der Waals surface area contributed by atoms with Gasteiger partial charge in [0.05, 0.1) is 0 Å². The summed E-state index contributed by atoms with van der Waals surface area (Å²) in [6.45, 7) is 8.49. The number of hydrogen-bond acceptors (Lipinski definition) is 3. The van der Waals surface area contributed by atoms with Crippen LogP contribution in [0.15, 0.2) is 60.7 Å². The molecule has 2 fully saturated rings. The zero-order chi connectivity index (χ0) is 17.6. The second-order valence-electron chi connectivity index (χ2n) is 7.70. The van der Waals surface area contributed by atoms with Gasteiger partial charge in [-0.15, -0.1) is 0 Å². The molecule has 0 bridgehead atoms. The lowest BCUT2D eigenvalue weighted by atomic mass is 10.1. The highest BCUT2D eigenvalue weighted by molar-refractivity contribution is 5.48. The van der Waals surface area contributed by atoms with Crippen LogP contribution in [0, 0.1) is 0 Å². The SMILES string of the molecule is c1ccc(CCN2CCN(CC3CCCN3c3ccccc3)CC2)cc1. The molecule has 2 aliphatic heterocycles. The Morgan fingerprint density at radius 1 is 0.731 bits per heavy atom. The molecule has 1 atom stereocenters. The molecule has 3 heteroatoms. The summed E-state index contributed by atoms with van der Waals surface area (Å²) in [5.74, 6) is 0. The molecule has 3 nitrogen and oxygen atoms in total. The maximum absolute atomic E-state index is 2.69. The number of nitrogens with zero attached hydrogens (tertiary/aromatic N) is 3. The van der Waals surface area contributed by atoms with E-state index in [-0.39, 0.29) is 0 Å². The van der Waals surface area contributed by atoms with Crippen molar-refractivity contribution >= 4 is 5.69 Å². The zero-order valence-electron chi connectivity index (χ0n) is 15.8. The van der Waals surface area contributed by atoms with Crippen LogP contribution in [0.25, 0.3) is 0 Å². The summed E-state index contributed by atoms with van der Waals surface area (Å²) in [6, 6.07) is 22.5. The second-order valence-corrected chi connectivity index (χ2v) is 7.70. The van der Waals surface area contributed by atoms with Crippen molar-refractivity contribution in [2.75, 3.05) is 50.7 Å². The molecule has 4 rings (SSSR count). The Bertz CT molecular complexity index is 650. The number of hydrogen-bond donors (Lipinski definition) is 0. The van der Waals surface area contributed by atoms with E-state index in [1.807, 2.05) is 0 Å². The van der Waals surface area contributed by atoms with Crippen LogP contribution in [0.4, 0.5) is 5.69 Å². The fourth-order valence-electron chi connectivity index (χ4n) is 4.41. The van der Waals surface area contributed by atoms with Crippen molar-refractivity contribution in [2.24, 2.45) is 0 Å². The lowest BCUT2D eigenvalue weighted by Crippen LogP contribution is -2.50. The molecule has 2 aromatic rings. The normalized spacial score (nSPS) is 22.0. The summed E-state index contributed by atoms with van der Waals surface area (Å²) in [5, 5.41) is 0. The van der Waals surface area contributed by atoms with E-state index in [0.717, 1.165) is 0 Å². The van der Waals surface area contributed by atoms with Crippen molar-refractivity contribution < 1.29 is 0 Å². The van der Waals surface area contributed by atoms with Crippen LogP contribution >= 0.6 is 0 Å². The van der Waals surface area contributed by atoms with Gasteiger partial charge in [0, 0.05) is 57.5 Å². The lowest BCUT2D eigenvalue weighted by Gasteiger charge is -2.38. The summed E-state index contributed by atoms with van der Waals surface area (Å²) < 4.78 is 0. The van der Waals surface area contributed by atoms with Gasteiger partial charge >= 0.3 is 0 Å². The fraction of sp³-hybridized carbons (Fsp3) is 0.478. The molecule has 0 aliphatic carbocycles. The minimum atomic E-state index is 0.688. The molecule has 26 heavy (non-hydrogen) atoms. The van der Waals surface area contributed by atoms with Crippen molar-refractivity contribution in [3.63, 3.8) is 0 Å². The van der Waals surface area contributed by atoms with Crippen molar-refractivity contribution in [1.82, 2.24) is 9.80 Å². The van der Waals surface area contributed by atoms with Crippen LogP contribution in [0.1, 0.15) is 18.4 Å². The molecule has 138 valence electrons. The fourth-order valence-corrected chi connectivity index (χ4v) is 4.41. The minimum Gasteiger partial charge on any atom is -0.367 e. The van der Waals surface area contributed by atoms with Gasteiger partial charge in [0.25, 0.3) is 0 Å². The third kappa shape index (κ3) is 4.46. The number of para-hydroxylation sites is 1. The van der Waals surface area contributed by atoms with Gasteiger partial charge in [-0.3, -0.25) is 4.90 Å². The van der Waals surface area contributed by atoms with E-state index in [2.05, 4.69) is 75.4 Å². The van der Waals surface area contributed by atoms with Crippen molar-refractivity contribution in [2.45, 2.75) is 25.3 Å². The maximum atomic E-state index is 2.69. The third-order valence-electron chi connectivity index (χ3n) is 5.96. The standard InChI is InChI=1S/C23H31N3/c1-3-8-21(9-4-1)13-15-24-16-18-25(19-17-24)20-23-12-7-14-26(23)22-10-5-2-6-11-22/h1-6,8-11,23H,7,12-20H2. The second kappa shape index (κ2) is 8.70. The molecule has 0 saturated carbocycles. The van der Waals surface area contributed by atoms with E-state index < -0.39 is 0 Å². The molecule has 2 heterocycles. The molecule has 2 aromatic carbocycles. The smallest absolute Gasteiger partial charge is 0.0417 e. The topological polar surface area (TPSA) is 9.72 Å². The Morgan fingerprint density at radius 2 is 1.38 bits per heavy atom. The van der Waals surface area contributed by atoms with Crippen LogP contribution in [0.3, 0.4) is 0 Å². The zero-order valence-corrected chi connectivity index (χ0v) is 15.8. The monoisotopic (exact) mass is 349 g/mol. The molecular formula is C23H31N3. The first-order valence-electron chi connectivity index (χ1n) is 10.2. The van der Waals surface area contributed by atoms with E-state index in [1.54, 1.807) is 0 Å². The number of anilines is 1. The van der Waals surface area contributed by atoms with Crippen molar-refractivity contribution in [3.8, 4) is 0 Å². The Hall–Kier alpha value is -1.84. The highest BCUT2D eigenvalue weighted by atomic mass is 15.3. The first-order valence-corrected chi connectivity index (χ1v) is 10.2. The first-order chi connectivity index (χ1) is 12.9. The van der Waals surface area contributed by atoms with Crippen LogP contribution < -0.4 is 4.90 Å². The van der Waals surface area contributed by atoms with E-state index in [1.165, 1.54) is 76.3 Å². The summed E-state index contributed by atoms with van der Waals surface area (Å²) in [7, 11) is 0. The van der Waals surface area contributed by atoms with Gasteiger partial charge in [0.15, 0.2) is 0 Å². The molecule has 0 N–H and O–H groups in total. The van der Waals surface area contributed by atoms with Gasteiger partial charge in [0.1, 0.15) is 0 Å². The Morgan fingerprint density at radius 3 is 2.12 bits per heavy atom. The predicted octanol–water partition coefficient (Wildman–Crippen LogP) is 3.52. The molecule has 0 amide bonds.